The van der Waals surface area contributed by atoms with Gasteiger partial charge in [-0.2, -0.15) is 14.0 Å². The summed E-state index contributed by atoms with van der Waals surface area (Å²) < 4.78 is 36.2. The van der Waals surface area contributed by atoms with Crippen molar-refractivity contribution in [3.05, 3.63) is 72.3 Å². The molecule has 0 spiro atoms. The van der Waals surface area contributed by atoms with Crippen molar-refractivity contribution in [2.75, 3.05) is 0 Å². The van der Waals surface area contributed by atoms with Crippen LogP contribution in [-0.2, 0) is 9.53 Å². The number of hydrogen-bond donors (Lipinski definition) is 0. The molecule has 28 heavy (non-hydrogen) atoms. The van der Waals surface area contributed by atoms with Gasteiger partial charge in [-0.3, -0.25) is 4.79 Å². The zero-order valence-electron chi connectivity index (χ0n) is 15.4. The van der Waals surface area contributed by atoms with Crippen molar-refractivity contribution in [2.45, 2.75) is 20.0 Å². The van der Waals surface area contributed by atoms with Crippen LogP contribution in [0.2, 0.25) is 0 Å². The number of benzene rings is 2. The maximum absolute atomic E-state index is 12.6. The highest BCUT2D eigenvalue weighted by Gasteiger charge is 2.62. The molecule has 3 rings (SSSR count). The standard InChI is InChI=1S/C22H19F2NO3/c1-22(2)17(12-19(23)24)20(22)21(26)28-18(13-25)14-7-6-10-16(11-14)27-15-8-4-3-5-9-15/h3-12,17-18,20H,1-2H3/t17-,18-,20-/m0/s1. The molecule has 2 aromatic rings. The number of allylic oxidation sites excluding steroid dienone is 1. The van der Waals surface area contributed by atoms with Gasteiger partial charge in [0.1, 0.15) is 17.6 Å². The Bertz CT molecular complexity index is 930. The summed E-state index contributed by atoms with van der Waals surface area (Å²) in [7, 11) is 0. The van der Waals surface area contributed by atoms with Crippen LogP contribution < -0.4 is 4.74 Å². The summed E-state index contributed by atoms with van der Waals surface area (Å²) in [4.78, 5) is 12.5. The second-order valence-corrected chi connectivity index (χ2v) is 7.21. The summed E-state index contributed by atoms with van der Waals surface area (Å²) in [5.74, 6) is -0.834. The van der Waals surface area contributed by atoms with Gasteiger partial charge in [-0.05, 0) is 35.8 Å². The van der Waals surface area contributed by atoms with Crippen LogP contribution in [0, 0.1) is 28.6 Å². The molecular formula is C22H19F2NO3. The van der Waals surface area contributed by atoms with Gasteiger partial charge in [-0.15, -0.1) is 0 Å². The third-order valence-corrected chi connectivity index (χ3v) is 4.96. The molecule has 6 heteroatoms. The average molecular weight is 383 g/mol. The lowest BCUT2D eigenvalue weighted by Crippen LogP contribution is -2.14. The Balaban J connectivity index is 1.72. The van der Waals surface area contributed by atoms with Gasteiger partial charge in [0.25, 0.3) is 6.08 Å². The SMILES string of the molecule is CC1(C)[C@H](C(=O)O[C@@H](C#N)c2cccc(Oc3ccccc3)c2)[C@@H]1C=C(F)F. The number of carbonyl (C=O) groups is 1. The van der Waals surface area contributed by atoms with Crippen LogP contribution in [0.15, 0.2) is 66.8 Å². The molecule has 0 bridgehead atoms. The predicted octanol–water partition coefficient (Wildman–Crippen LogP) is 5.64. The normalized spacial score (nSPS) is 20.4. The van der Waals surface area contributed by atoms with E-state index < -0.39 is 35.4 Å². The number of ether oxygens (including phenoxy) is 2. The number of hydrogen-bond acceptors (Lipinski definition) is 4. The predicted molar refractivity (Wildman–Crippen MR) is 98.5 cm³/mol. The van der Waals surface area contributed by atoms with E-state index in [9.17, 15) is 18.8 Å². The molecule has 4 nitrogen and oxygen atoms in total. The monoisotopic (exact) mass is 383 g/mol. The van der Waals surface area contributed by atoms with Crippen molar-refractivity contribution in [3.63, 3.8) is 0 Å². The summed E-state index contributed by atoms with van der Waals surface area (Å²) >= 11 is 0. The molecule has 0 saturated heterocycles. The van der Waals surface area contributed by atoms with Crippen LogP contribution in [0.5, 0.6) is 11.5 Å². The van der Waals surface area contributed by atoms with E-state index in [1.54, 1.807) is 50.2 Å². The van der Waals surface area contributed by atoms with Gasteiger partial charge in [0.15, 0.2) is 0 Å². The van der Waals surface area contributed by atoms with Crippen LogP contribution in [0.4, 0.5) is 8.78 Å². The number of carbonyl (C=O) groups excluding carboxylic acids is 1. The van der Waals surface area contributed by atoms with Crippen LogP contribution in [-0.4, -0.2) is 5.97 Å². The fourth-order valence-electron chi connectivity index (χ4n) is 3.30. The van der Waals surface area contributed by atoms with E-state index in [4.69, 9.17) is 9.47 Å². The number of halogens is 2. The molecule has 1 saturated carbocycles. The summed E-state index contributed by atoms with van der Waals surface area (Å²) in [6.45, 7) is 3.44. The van der Waals surface area contributed by atoms with E-state index in [-0.39, 0.29) is 0 Å². The second kappa shape index (κ2) is 7.81. The molecule has 1 aliphatic carbocycles. The van der Waals surface area contributed by atoms with E-state index >= 15 is 0 Å². The van der Waals surface area contributed by atoms with Crippen LogP contribution in [0.25, 0.3) is 0 Å². The second-order valence-electron chi connectivity index (χ2n) is 7.21. The highest BCUT2D eigenvalue weighted by atomic mass is 19.3. The third-order valence-electron chi connectivity index (χ3n) is 4.96. The topological polar surface area (TPSA) is 59.3 Å². The first-order valence-electron chi connectivity index (χ1n) is 8.78. The Morgan fingerprint density at radius 2 is 1.82 bits per heavy atom. The summed E-state index contributed by atoms with van der Waals surface area (Å²) in [5.41, 5.74) is -0.176. The van der Waals surface area contributed by atoms with Crippen LogP contribution in [0.1, 0.15) is 25.5 Å². The highest BCUT2D eigenvalue weighted by molar-refractivity contribution is 5.78. The van der Waals surface area contributed by atoms with E-state index in [1.807, 2.05) is 24.3 Å². The Hall–Kier alpha value is -3.20. The number of esters is 1. The minimum Gasteiger partial charge on any atom is -0.457 e. The molecule has 0 aliphatic heterocycles. The van der Waals surface area contributed by atoms with Gasteiger partial charge in [0.05, 0.1) is 5.92 Å². The zero-order chi connectivity index (χ0) is 20.3. The molecule has 0 unspecified atom stereocenters. The fourth-order valence-corrected chi connectivity index (χ4v) is 3.30. The van der Waals surface area contributed by atoms with E-state index in [0.29, 0.717) is 17.1 Å². The van der Waals surface area contributed by atoms with E-state index in [2.05, 4.69) is 0 Å². The minimum atomic E-state index is -1.82. The van der Waals surface area contributed by atoms with Crippen LogP contribution in [0.3, 0.4) is 0 Å². The van der Waals surface area contributed by atoms with E-state index in [0.717, 1.165) is 6.08 Å². The van der Waals surface area contributed by atoms with Gasteiger partial charge < -0.3 is 9.47 Å². The lowest BCUT2D eigenvalue weighted by atomic mass is 10.1. The minimum absolute atomic E-state index is 0.450. The zero-order valence-corrected chi connectivity index (χ0v) is 15.4. The molecule has 0 radical (unpaired) electrons. The summed E-state index contributed by atoms with van der Waals surface area (Å²) in [6, 6.07) is 17.7. The third kappa shape index (κ3) is 4.20. The van der Waals surface area contributed by atoms with Crippen LogP contribution >= 0.6 is 0 Å². The first-order valence-corrected chi connectivity index (χ1v) is 8.78. The first-order chi connectivity index (χ1) is 13.3. The average Bonchev–Trinajstić information content (AvgIpc) is 3.20. The highest BCUT2D eigenvalue weighted by Crippen LogP contribution is 2.60. The smallest absolute Gasteiger partial charge is 0.311 e. The van der Waals surface area contributed by atoms with Crippen molar-refractivity contribution >= 4 is 5.97 Å². The Morgan fingerprint density at radius 1 is 1.14 bits per heavy atom. The largest absolute Gasteiger partial charge is 0.457 e. The first kappa shape index (κ1) is 19.6. The van der Waals surface area contributed by atoms with Crippen molar-refractivity contribution in [1.82, 2.24) is 0 Å². The Kier molecular flexibility index (Phi) is 5.46. The Labute approximate surface area is 162 Å². The quantitative estimate of drug-likeness (QED) is 0.606. The molecule has 0 amide bonds. The molecule has 0 heterocycles. The van der Waals surface area contributed by atoms with Gasteiger partial charge in [-0.25, -0.2) is 0 Å². The number of rotatable bonds is 6. The molecule has 0 aromatic heterocycles. The maximum Gasteiger partial charge on any atom is 0.311 e. The van der Waals surface area contributed by atoms with Crippen molar-refractivity contribution in [2.24, 2.45) is 17.3 Å². The number of nitrogens with zero attached hydrogens (tertiary/aromatic N) is 1. The molecule has 144 valence electrons. The fraction of sp³-hybridized carbons (Fsp3) is 0.273. The molecular weight excluding hydrogens is 364 g/mol. The number of nitriles is 1. The maximum atomic E-state index is 12.6. The van der Waals surface area contributed by atoms with Crippen molar-refractivity contribution in [3.8, 4) is 17.6 Å². The van der Waals surface area contributed by atoms with Gasteiger partial charge in [-0.1, -0.05) is 44.2 Å². The van der Waals surface area contributed by atoms with Gasteiger partial charge in [0, 0.05) is 11.5 Å². The lowest BCUT2D eigenvalue weighted by molar-refractivity contribution is -0.149. The molecule has 2 aromatic carbocycles. The summed E-state index contributed by atoms with van der Waals surface area (Å²) in [5, 5.41) is 9.45. The van der Waals surface area contributed by atoms with E-state index in [1.165, 1.54) is 0 Å². The molecule has 0 N–H and O–H groups in total. The van der Waals surface area contributed by atoms with Crippen molar-refractivity contribution < 1.29 is 23.0 Å². The summed E-state index contributed by atoms with van der Waals surface area (Å²) in [6.07, 6.45) is -2.19. The van der Waals surface area contributed by atoms with Crippen molar-refractivity contribution in [1.29, 1.82) is 5.26 Å². The number of para-hydroxylation sites is 1. The van der Waals surface area contributed by atoms with Gasteiger partial charge >= 0.3 is 5.97 Å². The lowest BCUT2D eigenvalue weighted by Gasteiger charge is -2.13. The van der Waals surface area contributed by atoms with Gasteiger partial charge in [0.2, 0.25) is 6.10 Å². The Morgan fingerprint density at radius 3 is 2.46 bits per heavy atom. The molecule has 1 aliphatic rings. The molecule has 1 fully saturated rings. The molecule has 3 atom stereocenters.